The summed E-state index contributed by atoms with van der Waals surface area (Å²) in [6, 6.07) is 2.42. The number of nitrogens with one attached hydrogen (secondary N) is 1. The minimum absolute atomic E-state index is 0.0299. The zero-order chi connectivity index (χ0) is 15.5. The first kappa shape index (κ1) is 17.2. The molecule has 0 bridgehead atoms. The van der Waals surface area contributed by atoms with E-state index in [-0.39, 0.29) is 23.2 Å². The summed E-state index contributed by atoms with van der Waals surface area (Å²) in [4.78, 5) is -0.0299. The summed E-state index contributed by atoms with van der Waals surface area (Å²) in [5.74, 6) is -0.00834. The number of rotatable bonds is 6. The van der Waals surface area contributed by atoms with E-state index in [0.29, 0.717) is 10.2 Å². The van der Waals surface area contributed by atoms with Gasteiger partial charge >= 0.3 is 0 Å². The summed E-state index contributed by atoms with van der Waals surface area (Å²) >= 11 is 3.22. The second-order valence-corrected chi connectivity index (χ2v) is 7.13. The second kappa shape index (κ2) is 6.75. The first-order valence-corrected chi connectivity index (χ1v) is 8.26. The average molecular weight is 367 g/mol. The van der Waals surface area contributed by atoms with Crippen molar-refractivity contribution in [2.24, 2.45) is 5.92 Å². The quantitative estimate of drug-likeness (QED) is 0.659. The number of nitrogen functional groups attached to an aromatic ring is 1. The fraction of sp³-hybridized carbons (Fsp3) is 0.500. The summed E-state index contributed by atoms with van der Waals surface area (Å²) in [6.45, 7) is 3.33. The maximum atomic E-state index is 12.4. The van der Waals surface area contributed by atoms with Gasteiger partial charge in [-0.25, -0.2) is 13.1 Å². The molecule has 0 heterocycles. The molecule has 6 nitrogen and oxygen atoms in total. The van der Waals surface area contributed by atoms with Crippen LogP contribution in [0.5, 0.6) is 5.75 Å². The maximum Gasteiger partial charge on any atom is 0.244 e. The molecule has 114 valence electrons. The predicted molar refractivity (Wildman–Crippen MR) is 81.1 cm³/mol. The lowest BCUT2D eigenvalue weighted by Gasteiger charge is -2.20. The van der Waals surface area contributed by atoms with Gasteiger partial charge in [0.2, 0.25) is 10.0 Å². The third-order valence-electron chi connectivity index (χ3n) is 3.06. The Morgan fingerprint density at radius 2 is 2.05 bits per heavy atom. The molecule has 0 aliphatic rings. The number of aliphatic hydroxyl groups is 1. The van der Waals surface area contributed by atoms with Crippen LogP contribution in [0.4, 0.5) is 5.69 Å². The van der Waals surface area contributed by atoms with Crippen molar-refractivity contribution in [3.05, 3.63) is 16.6 Å². The van der Waals surface area contributed by atoms with Gasteiger partial charge in [0.25, 0.3) is 0 Å². The molecule has 0 spiro atoms. The van der Waals surface area contributed by atoms with Crippen LogP contribution >= 0.6 is 15.9 Å². The van der Waals surface area contributed by atoms with Crippen LogP contribution in [0.3, 0.4) is 0 Å². The molecule has 1 aromatic rings. The number of nitrogens with two attached hydrogens (primary N) is 1. The van der Waals surface area contributed by atoms with E-state index in [1.165, 1.54) is 19.2 Å². The van der Waals surface area contributed by atoms with Crippen LogP contribution in [0.15, 0.2) is 21.5 Å². The van der Waals surface area contributed by atoms with E-state index in [1.54, 1.807) is 13.8 Å². The molecular formula is C12H19BrN2O4S. The number of anilines is 1. The Bertz CT molecular complexity index is 577. The van der Waals surface area contributed by atoms with Crippen molar-refractivity contribution in [1.82, 2.24) is 4.72 Å². The molecule has 2 unspecified atom stereocenters. The Morgan fingerprint density at radius 1 is 1.45 bits per heavy atom. The monoisotopic (exact) mass is 366 g/mol. The SMILES string of the molecule is COc1cc(Br)c(N)cc1S(=O)(=O)NC(C)C(C)CO. The number of halogens is 1. The van der Waals surface area contributed by atoms with Gasteiger partial charge in [-0.15, -0.1) is 0 Å². The topological polar surface area (TPSA) is 102 Å². The Kier molecular flexibility index (Phi) is 5.81. The van der Waals surface area contributed by atoms with Crippen molar-refractivity contribution >= 4 is 31.6 Å². The van der Waals surface area contributed by atoms with Crippen molar-refractivity contribution < 1.29 is 18.3 Å². The molecule has 0 aliphatic carbocycles. The van der Waals surface area contributed by atoms with E-state index >= 15 is 0 Å². The number of sulfonamides is 1. The largest absolute Gasteiger partial charge is 0.495 e. The van der Waals surface area contributed by atoms with Crippen LogP contribution in [-0.2, 0) is 10.0 Å². The Labute approximate surface area is 127 Å². The summed E-state index contributed by atoms with van der Waals surface area (Å²) in [6.07, 6.45) is 0. The van der Waals surface area contributed by atoms with Crippen molar-refractivity contribution in [2.75, 3.05) is 19.5 Å². The number of benzene rings is 1. The maximum absolute atomic E-state index is 12.4. The molecule has 0 aromatic heterocycles. The molecule has 0 radical (unpaired) electrons. The van der Waals surface area contributed by atoms with E-state index in [9.17, 15) is 8.42 Å². The molecule has 0 aliphatic heterocycles. The number of hydrogen-bond acceptors (Lipinski definition) is 5. The highest BCUT2D eigenvalue weighted by Crippen LogP contribution is 2.32. The highest BCUT2D eigenvalue weighted by Gasteiger charge is 2.25. The fourth-order valence-electron chi connectivity index (χ4n) is 1.50. The van der Waals surface area contributed by atoms with Gasteiger partial charge in [-0.3, -0.25) is 0 Å². The van der Waals surface area contributed by atoms with Crippen LogP contribution in [0, 0.1) is 5.92 Å². The summed E-state index contributed by atoms with van der Waals surface area (Å²) < 4.78 is 32.9. The van der Waals surface area contributed by atoms with Gasteiger partial charge in [0.15, 0.2) is 0 Å². The van der Waals surface area contributed by atoms with Crippen molar-refractivity contribution in [2.45, 2.75) is 24.8 Å². The lowest BCUT2D eigenvalue weighted by atomic mass is 10.1. The van der Waals surface area contributed by atoms with Gasteiger partial charge in [-0.2, -0.15) is 0 Å². The fourth-order valence-corrected chi connectivity index (χ4v) is 3.36. The van der Waals surface area contributed by atoms with Crippen LogP contribution in [0.1, 0.15) is 13.8 Å². The smallest absolute Gasteiger partial charge is 0.244 e. The molecule has 0 amide bonds. The minimum Gasteiger partial charge on any atom is -0.495 e. The molecule has 4 N–H and O–H groups in total. The van der Waals surface area contributed by atoms with E-state index in [1.807, 2.05) is 0 Å². The first-order chi connectivity index (χ1) is 9.22. The van der Waals surface area contributed by atoms with E-state index < -0.39 is 16.1 Å². The Balaban J connectivity index is 3.19. The highest BCUT2D eigenvalue weighted by molar-refractivity contribution is 9.10. The molecule has 1 aromatic carbocycles. The lowest BCUT2D eigenvalue weighted by Crippen LogP contribution is -2.38. The third kappa shape index (κ3) is 3.85. The van der Waals surface area contributed by atoms with E-state index in [2.05, 4.69) is 20.7 Å². The highest BCUT2D eigenvalue weighted by atomic mass is 79.9. The number of hydrogen-bond donors (Lipinski definition) is 3. The number of aliphatic hydroxyl groups excluding tert-OH is 1. The lowest BCUT2D eigenvalue weighted by molar-refractivity contribution is 0.216. The minimum atomic E-state index is -3.78. The van der Waals surface area contributed by atoms with Crippen LogP contribution in [0.25, 0.3) is 0 Å². The Hall–Kier alpha value is -0.830. The van der Waals surface area contributed by atoms with Crippen LogP contribution < -0.4 is 15.2 Å². The van der Waals surface area contributed by atoms with Gasteiger partial charge in [-0.1, -0.05) is 6.92 Å². The summed E-state index contributed by atoms with van der Waals surface area (Å²) in [5.41, 5.74) is 6.02. The zero-order valence-electron chi connectivity index (χ0n) is 11.6. The number of ether oxygens (including phenoxy) is 1. The molecule has 0 fully saturated rings. The van der Waals surface area contributed by atoms with Gasteiger partial charge in [0, 0.05) is 22.8 Å². The third-order valence-corrected chi connectivity index (χ3v) is 5.32. The van der Waals surface area contributed by atoms with Crippen LogP contribution in [-0.4, -0.2) is 33.3 Å². The van der Waals surface area contributed by atoms with Gasteiger partial charge in [0.1, 0.15) is 10.6 Å². The van der Waals surface area contributed by atoms with Crippen molar-refractivity contribution in [3.8, 4) is 5.75 Å². The molecule has 8 heteroatoms. The molecule has 0 saturated heterocycles. The standard InChI is InChI=1S/C12H19BrN2O4S/c1-7(6-16)8(2)15-20(17,18)12-5-10(14)9(13)4-11(12)19-3/h4-5,7-8,15-16H,6,14H2,1-3H3. The second-order valence-electron chi connectivity index (χ2n) is 4.59. The zero-order valence-corrected chi connectivity index (χ0v) is 14.0. The average Bonchev–Trinajstić information content (AvgIpc) is 2.39. The van der Waals surface area contributed by atoms with E-state index in [0.717, 1.165) is 0 Å². The van der Waals surface area contributed by atoms with Crippen molar-refractivity contribution in [1.29, 1.82) is 0 Å². The first-order valence-electron chi connectivity index (χ1n) is 5.99. The molecular weight excluding hydrogens is 348 g/mol. The van der Waals surface area contributed by atoms with Gasteiger partial charge in [0.05, 0.1) is 7.11 Å². The van der Waals surface area contributed by atoms with Gasteiger partial charge < -0.3 is 15.6 Å². The summed E-state index contributed by atoms with van der Waals surface area (Å²) in [7, 11) is -2.40. The van der Waals surface area contributed by atoms with Crippen LogP contribution in [0.2, 0.25) is 0 Å². The molecule has 1 rings (SSSR count). The van der Waals surface area contributed by atoms with Crippen molar-refractivity contribution in [3.63, 3.8) is 0 Å². The molecule has 20 heavy (non-hydrogen) atoms. The van der Waals surface area contributed by atoms with Gasteiger partial charge in [-0.05, 0) is 40.9 Å². The normalized spacial score (nSPS) is 14.8. The molecule has 0 saturated carbocycles. The van der Waals surface area contributed by atoms with E-state index in [4.69, 9.17) is 15.6 Å². The molecule has 2 atom stereocenters. The Morgan fingerprint density at radius 3 is 2.55 bits per heavy atom. The predicted octanol–water partition coefficient (Wildman–Crippen LogP) is 1.34. The number of methoxy groups -OCH3 is 1. The summed E-state index contributed by atoms with van der Waals surface area (Å²) in [5, 5.41) is 9.07.